The average Bonchev–Trinajstić information content (AvgIpc) is 2.38. The van der Waals surface area contributed by atoms with Crippen LogP contribution in [0.3, 0.4) is 0 Å². The van der Waals surface area contributed by atoms with E-state index in [1.54, 1.807) is 6.92 Å². The molecule has 0 aliphatic carbocycles. The second-order valence-corrected chi connectivity index (χ2v) is 6.48. The minimum atomic E-state index is 0.108. The van der Waals surface area contributed by atoms with Gasteiger partial charge < -0.3 is 10.2 Å². The summed E-state index contributed by atoms with van der Waals surface area (Å²) in [5.41, 5.74) is 0. The molecule has 0 spiro atoms. The standard InChI is InChI=1S/C13H24N2OS/c1-11(16)14-10-12-2-6-15(7-3-12)13-4-8-17-9-5-13/h12-13H,2-10H2,1H3,(H,14,16). The molecule has 2 aliphatic heterocycles. The number of carbonyl (C=O) groups is 1. The Morgan fingerprint density at radius 2 is 1.88 bits per heavy atom. The SMILES string of the molecule is CC(=O)NCC1CCN(C2CCSCC2)CC1. The van der Waals surface area contributed by atoms with Gasteiger partial charge in [0, 0.05) is 19.5 Å². The summed E-state index contributed by atoms with van der Waals surface area (Å²) in [6.07, 6.45) is 5.26. The number of carbonyl (C=O) groups excluding carboxylic acids is 1. The van der Waals surface area contributed by atoms with Crippen molar-refractivity contribution < 1.29 is 4.79 Å². The number of hydrogen-bond donors (Lipinski definition) is 1. The molecule has 0 atom stereocenters. The monoisotopic (exact) mass is 256 g/mol. The number of piperidine rings is 1. The molecule has 1 N–H and O–H groups in total. The van der Waals surface area contributed by atoms with E-state index >= 15 is 0 Å². The molecule has 2 aliphatic rings. The molecule has 0 bridgehead atoms. The first-order valence-corrected chi connectivity index (χ1v) is 7.97. The van der Waals surface area contributed by atoms with E-state index in [9.17, 15) is 4.79 Å². The second kappa shape index (κ2) is 6.64. The Hall–Kier alpha value is -0.220. The van der Waals surface area contributed by atoms with Crippen LogP contribution in [0, 0.1) is 5.92 Å². The van der Waals surface area contributed by atoms with Gasteiger partial charge in [0.25, 0.3) is 0 Å². The van der Waals surface area contributed by atoms with Gasteiger partial charge in [0.1, 0.15) is 0 Å². The van der Waals surface area contributed by atoms with Crippen molar-refractivity contribution in [3.8, 4) is 0 Å². The highest BCUT2D eigenvalue weighted by Gasteiger charge is 2.26. The maximum atomic E-state index is 10.9. The molecule has 2 saturated heterocycles. The highest BCUT2D eigenvalue weighted by Crippen LogP contribution is 2.26. The smallest absolute Gasteiger partial charge is 0.216 e. The zero-order valence-corrected chi connectivity index (χ0v) is 11.6. The third kappa shape index (κ3) is 4.18. The number of thioether (sulfide) groups is 1. The van der Waals surface area contributed by atoms with E-state index in [1.807, 2.05) is 0 Å². The van der Waals surface area contributed by atoms with E-state index in [0.29, 0.717) is 5.92 Å². The minimum absolute atomic E-state index is 0.108. The van der Waals surface area contributed by atoms with Gasteiger partial charge in [-0.1, -0.05) is 0 Å². The van der Waals surface area contributed by atoms with Gasteiger partial charge in [0.2, 0.25) is 5.91 Å². The van der Waals surface area contributed by atoms with Crippen LogP contribution in [-0.4, -0.2) is 48.0 Å². The lowest BCUT2D eigenvalue weighted by Crippen LogP contribution is -2.44. The third-order valence-corrected chi connectivity index (χ3v) is 5.04. The van der Waals surface area contributed by atoms with E-state index in [2.05, 4.69) is 22.0 Å². The van der Waals surface area contributed by atoms with E-state index in [4.69, 9.17) is 0 Å². The molecule has 0 aromatic carbocycles. The van der Waals surface area contributed by atoms with Crippen LogP contribution in [-0.2, 0) is 4.79 Å². The average molecular weight is 256 g/mol. The van der Waals surface area contributed by atoms with Crippen molar-refractivity contribution in [2.45, 2.75) is 38.6 Å². The van der Waals surface area contributed by atoms with Crippen LogP contribution in [0.4, 0.5) is 0 Å². The fourth-order valence-corrected chi connectivity index (χ4v) is 3.94. The van der Waals surface area contributed by atoms with E-state index in [0.717, 1.165) is 12.6 Å². The maximum absolute atomic E-state index is 10.9. The van der Waals surface area contributed by atoms with Crippen molar-refractivity contribution in [3.05, 3.63) is 0 Å². The van der Waals surface area contributed by atoms with Gasteiger partial charge in [0.05, 0.1) is 0 Å². The Labute approximate surface area is 109 Å². The summed E-state index contributed by atoms with van der Waals surface area (Å²) in [6.45, 7) is 4.96. The predicted molar refractivity (Wildman–Crippen MR) is 73.3 cm³/mol. The second-order valence-electron chi connectivity index (χ2n) is 5.26. The molecule has 17 heavy (non-hydrogen) atoms. The summed E-state index contributed by atoms with van der Waals surface area (Å²) >= 11 is 2.10. The first kappa shape index (κ1) is 13.2. The van der Waals surface area contributed by atoms with Crippen molar-refractivity contribution in [1.82, 2.24) is 10.2 Å². The van der Waals surface area contributed by atoms with E-state index in [-0.39, 0.29) is 5.91 Å². The van der Waals surface area contributed by atoms with Crippen LogP contribution in [0.2, 0.25) is 0 Å². The van der Waals surface area contributed by atoms with Gasteiger partial charge in [-0.25, -0.2) is 0 Å². The lowest BCUT2D eigenvalue weighted by molar-refractivity contribution is -0.119. The zero-order valence-electron chi connectivity index (χ0n) is 10.8. The summed E-state index contributed by atoms with van der Waals surface area (Å²) in [5, 5.41) is 2.95. The Morgan fingerprint density at radius 1 is 1.24 bits per heavy atom. The molecule has 4 heteroatoms. The number of likely N-dealkylation sites (tertiary alicyclic amines) is 1. The fraction of sp³-hybridized carbons (Fsp3) is 0.923. The van der Waals surface area contributed by atoms with Crippen molar-refractivity contribution in [2.24, 2.45) is 5.92 Å². The summed E-state index contributed by atoms with van der Waals surface area (Å²) in [4.78, 5) is 13.6. The highest BCUT2D eigenvalue weighted by molar-refractivity contribution is 7.99. The number of nitrogens with one attached hydrogen (secondary N) is 1. The molecule has 2 rings (SSSR count). The molecule has 0 unspecified atom stereocenters. The van der Waals surface area contributed by atoms with Gasteiger partial charge in [-0.2, -0.15) is 11.8 Å². The normalized spacial score (nSPS) is 24.8. The molecule has 3 nitrogen and oxygen atoms in total. The van der Waals surface area contributed by atoms with Crippen molar-refractivity contribution in [2.75, 3.05) is 31.1 Å². The van der Waals surface area contributed by atoms with Gasteiger partial charge in [0.15, 0.2) is 0 Å². The van der Waals surface area contributed by atoms with Crippen LogP contribution >= 0.6 is 11.8 Å². The molecule has 0 aromatic heterocycles. The quantitative estimate of drug-likeness (QED) is 0.834. The van der Waals surface area contributed by atoms with Gasteiger partial charge in [-0.05, 0) is 56.2 Å². The van der Waals surface area contributed by atoms with E-state index in [1.165, 1.54) is 50.3 Å². The third-order valence-electron chi connectivity index (χ3n) is 4.00. The molecule has 2 heterocycles. The summed E-state index contributed by atoms with van der Waals surface area (Å²) in [7, 11) is 0. The van der Waals surface area contributed by atoms with Crippen LogP contribution in [0.1, 0.15) is 32.6 Å². The molecule has 2 fully saturated rings. The summed E-state index contributed by atoms with van der Waals surface area (Å²) in [6, 6.07) is 0.845. The molecule has 98 valence electrons. The molecule has 0 radical (unpaired) electrons. The summed E-state index contributed by atoms with van der Waals surface area (Å²) in [5.74, 6) is 3.50. The van der Waals surface area contributed by atoms with Gasteiger partial charge in [-0.3, -0.25) is 4.79 Å². The fourth-order valence-electron chi connectivity index (χ4n) is 2.86. The zero-order chi connectivity index (χ0) is 12.1. The first-order valence-electron chi connectivity index (χ1n) is 6.82. The lowest BCUT2D eigenvalue weighted by Gasteiger charge is -2.39. The molecule has 0 saturated carbocycles. The molecule has 1 amide bonds. The largest absolute Gasteiger partial charge is 0.356 e. The summed E-state index contributed by atoms with van der Waals surface area (Å²) < 4.78 is 0. The lowest BCUT2D eigenvalue weighted by atomic mass is 9.94. The Kier molecular flexibility index (Phi) is 5.16. The van der Waals surface area contributed by atoms with Crippen LogP contribution in [0.25, 0.3) is 0 Å². The Morgan fingerprint density at radius 3 is 2.47 bits per heavy atom. The predicted octanol–water partition coefficient (Wildman–Crippen LogP) is 1.73. The Bertz CT molecular complexity index is 246. The maximum Gasteiger partial charge on any atom is 0.216 e. The highest BCUT2D eigenvalue weighted by atomic mass is 32.2. The van der Waals surface area contributed by atoms with Crippen LogP contribution in [0.15, 0.2) is 0 Å². The number of hydrogen-bond acceptors (Lipinski definition) is 3. The first-order chi connectivity index (χ1) is 8.25. The van der Waals surface area contributed by atoms with E-state index < -0.39 is 0 Å². The molecular weight excluding hydrogens is 232 g/mol. The molecular formula is C13H24N2OS. The van der Waals surface area contributed by atoms with Crippen molar-refractivity contribution in [3.63, 3.8) is 0 Å². The van der Waals surface area contributed by atoms with Crippen molar-refractivity contribution >= 4 is 17.7 Å². The molecule has 0 aromatic rings. The van der Waals surface area contributed by atoms with Crippen LogP contribution < -0.4 is 5.32 Å². The van der Waals surface area contributed by atoms with Gasteiger partial charge in [-0.15, -0.1) is 0 Å². The number of nitrogens with zero attached hydrogens (tertiary/aromatic N) is 1. The Balaban J connectivity index is 1.68. The van der Waals surface area contributed by atoms with Crippen LogP contribution in [0.5, 0.6) is 0 Å². The van der Waals surface area contributed by atoms with Crippen molar-refractivity contribution in [1.29, 1.82) is 0 Å². The number of amides is 1. The number of rotatable bonds is 3. The topological polar surface area (TPSA) is 32.3 Å². The minimum Gasteiger partial charge on any atom is -0.356 e. The van der Waals surface area contributed by atoms with Gasteiger partial charge >= 0.3 is 0 Å².